The molecule has 8 nitrogen and oxygen atoms in total. The number of rotatable bonds is 3. The van der Waals surface area contributed by atoms with Crippen LogP contribution in [0.15, 0.2) is 10.7 Å². The van der Waals surface area contributed by atoms with Crippen LogP contribution in [0, 0.1) is 0 Å². The van der Waals surface area contributed by atoms with Crippen LogP contribution in [0.5, 0.6) is 5.88 Å². The number of nitrogens with zero attached hydrogens (tertiary/aromatic N) is 3. The summed E-state index contributed by atoms with van der Waals surface area (Å²) in [6, 6.07) is 0. The van der Waals surface area contributed by atoms with Crippen molar-refractivity contribution in [2.45, 2.75) is 24.6 Å². The Morgan fingerprint density at radius 3 is 2.86 bits per heavy atom. The van der Waals surface area contributed by atoms with Crippen LogP contribution in [-0.2, 0) is 4.74 Å². The molecule has 0 aromatic carbocycles. The van der Waals surface area contributed by atoms with Crippen LogP contribution >= 0.6 is 15.9 Å². The lowest BCUT2D eigenvalue weighted by Gasteiger charge is -2.17. The Bertz CT molecular complexity index is 712. The Morgan fingerprint density at radius 1 is 1.55 bits per heavy atom. The Morgan fingerprint density at radius 2 is 2.27 bits per heavy atom. The molecule has 0 amide bonds. The number of nitrogen functional groups attached to an aromatic ring is 1. The van der Waals surface area contributed by atoms with E-state index in [1.165, 1.54) is 11.7 Å². The number of nitrogens with two attached hydrogens (primary N) is 1. The first-order valence-electron chi connectivity index (χ1n) is 6.44. The minimum absolute atomic E-state index is 0.0285. The summed E-state index contributed by atoms with van der Waals surface area (Å²) in [6.45, 7) is -0.532. The Balaban J connectivity index is 2.14. The number of hydrogen-bond acceptors (Lipinski definition) is 7. The summed E-state index contributed by atoms with van der Waals surface area (Å²) in [5, 5.41) is 19.7. The molecule has 2 aromatic rings. The molecule has 3 heterocycles. The normalized spacial score (nSPS) is 28.4. The van der Waals surface area contributed by atoms with E-state index in [1.54, 1.807) is 6.20 Å². The molecule has 0 bridgehead atoms. The first kappa shape index (κ1) is 15.4. The number of methoxy groups -OCH3 is 1. The molecule has 2 aromatic heterocycles. The van der Waals surface area contributed by atoms with Gasteiger partial charge in [0.25, 0.3) is 0 Å². The predicted octanol–water partition coefficient (Wildman–Crippen LogP) is 0.373. The summed E-state index contributed by atoms with van der Waals surface area (Å²) in [7, 11) is 1.44. The zero-order valence-corrected chi connectivity index (χ0v) is 13.1. The molecule has 0 spiro atoms. The summed E-state index contributed by atoms with van der Waals surface area (Å²) in [5.74, 6) is 0.218. The number of aliphatic hydroxyl groups is 2. The van der Waals surface area contributed by atoms with Gasteiger partial charge >= 0.3 is 0 Å². The molecule has 0 radical (unpaired) electrons. The quantitative estimate of drug-likeness (QED) is 0.708. The number of hydrogen-bond donors (Lipinski definition) is 3. The summed E-state index contributed by atoms with van der Waals surface area (Å²) < 4.78 is 26.5. The second-order valence-electron chi connectivity index (χ2n) is 4.86. The molecule has 4 atom stereocenters. The molecule has 0 aliphatic carbocycles. The first-order valence-corrected chi connectivity index (χ1v) is 7.23. The van der Waals surface area contributed by atoms with Gasteiger partial charge in [0.05, 0.1) is 23.6 Å². The highest BCUT2D eigenvalue weighted by Crippen LogP contribution is 2.38. The molecule has 1 saturated heterocycles. The maximum absolute atomic E-state index is 13.9. The van der Waals surface area contributed by atoms with Gasteiger partial charge in [0.2, 0.25) is 11.8 Å². The molecule has 1 aliphatic rings. The lowest BCUT2D eigenvalue weighted by Crippen LogP contribution is -2.29. The molecular weight excluding hydrogens is 363 g/mol. The van der Waals surface area contributed by atoms with E-state index in [0.29, 0.717) is 15.5 Å². The van der Waals surface area contributed by atoms with Gasteiger partial charge in [-0.2, -0.15) is 9.97 Å². The topological polar surface area (TPSA) is 116 Å². The molecule has 0 saturated carbocycles. The van der Waals surface area contributed by atoms with Crippen molar-refractivity contribution in [3.8, 4) is 5.88 Å². The maximum atomic E-state index is 13.9. The van der Waals surface area contributed by atoms with Crippen LogP contribution in [0.2, 0.25) is 0 Å². The van der Waals surface area contributed by atoms with E-state index >= 15 is 0 Å². The number of aromatic nitrogens is 3. The lowest BCUT2D eigenvalue weighted by atomic mass is 10.1. The second-order valence-corrected chi connectivity index (χ2v) is 5.71. The summed E-state index contributed by atoms with van der Waals surface area (Å²) in [5.41, 5.74) is 5.97. The number of halogens is 2. The smallest absolute Gasteiger partial charge is 0.228 e. The number of fused-ring (bicyclic) bond motifs is 1. The van der Waals surface area contributed by atoms with Gasteiger partial charge in [-0.15, -0.1) is 0 Å². The van der Waals surface area contributed by atoms with Crippen molar-refractivity contribution in [2.75, 3.05) is 19.5 Å². The van der Waals surface area contributed by atoms with Crippen molar-refractivity contribution in [2.24, 2.45) is 0 Å². The monoisotopic (exact) mass is 376 g/mol. The highest BCUT2D eigenvalue weighted by atomic mass is 79.9. The van der Waals surface area contributed by atoms with Crippen LogP contribution < -0.4 is 10.5 Å². The third-order valence-corrected chi connectivity index (χ3v) is 4.15. The SMILES string of the molecule is COc1nc(N)nc2c1c(Br)cn2[C@@H]1O[C@H](CO)[C@@H](F)[C@H]1O. The van der Waals surface area contributed by atoms with E-state index < -0.39 is 31.2 Å². The molecule has 10 heteroatoms. The largest absolute Gasteiger partial charge is 0.480 e. The van der Waals surface area contributed by atoms with Crippen molar-refractivity contribution < 1.29 is 24.1 Å². The van der Waals surface area contributed by atoms with Gasteiger partial charge < -0.3 is 30.0 Å². The third-order valence-electron chi connectivity index (χ3n) is 3.55. The highest BCUT2D eigenvalue weighted by molar-refractivity contribution is 9.10. The molecule has 1 fully saturated rings. The second kappa shape index (κ2) is 5.61. The van der Waals surface area contributed by atoms with E-state index in [9.17, 15) is 9.50 Å². The number of anilines is 1. The van der Waals surface area contributed by atoms with E-state index in [4.69, 9.17) is 20.3 Å². The standard InChI is InChI=1S/C12H14BrFN4O4/c1-21-10-6-4(13)2-18(9(6)16-12(15)17-10)11-8(20)7(14)5(3-19)22-11/h2,5,7-8,11,19-20H,3H2,1H3,(H2,15,16,17)/t5-,7-,8-,11-/m1/s1. The predicted molar refractivity (Wildman–Crippen MR) is 78.1 cm³/mol. The van der Waals surface area contributed by atoms with Crippen molar-refractivity contribution in [3.05, 3.63) is 10.7 Å². The minimum Gasteiger partial charge on any atom is -0.480 e. The molecule has 22 heavy (non-hydrogen) atoms. The third kappa shape index (κ3) is 2.22. The fourth-order valence-electron chi connectivity index (χ4n) is 2.52. The van der Waals surface area contributed by atoms with Gasteiger partial charge in [0.1, 0.15) is 12.2 Å². The molecule has 120 valence electrons. The van der Waals surface area contributed by atoms with Crippen LogP contribution in [0.1, 0.15) is 6.23 Å². The van der Waals surface area contributed by atoms with Gasteiger partial charge in [0, 0.05) is 6.20 Å². The molecule has 3 rings (SSSR count). The Kier molecular flexibility index (Phi) is 3.93. The van der Waals surface area contributed by atoms with Gasteiger partial charge in [-0.25, -0.2) is 4.39 Å². The van der Waals surface area contributed by atoms with Crippen molar-refractivity contribution in [1.82, 2.24) is 14.5 Å². The number of ether oxygens (including phenoxy) is 2. The zero-order chi connectivity index (χ0) is 16.0. The Hall–Kier alpha value is -1.49. The van der Waals surface area contributed by atoms with Gasteiger partial charge in [-0.1, -0.05) is 0 Å². The van der Waals surface area contributed by atoms with E-state index in [-0.39, 0.29) is 11.8 Å². The van der Waals surface area contributed by atoms with Crippen molar-refractivity contribution in [3.63, 3.8) is 0 Å². The first-order chi connectivity index (χ1) is 10.5. The molecular formula is C12H14BrFN4O4. The van der Waals surface area contributed by atoms with Crippen molar-refractivity contribution in [1.29, 1.82) is 0 Å². The van der Waals surface area contributed by atoms with Crippen LogP contribution in [-0.4, -0.2) is 56.8 Å². The van der Waals surface area contributed by atoms with Crippen LogP contribution in [0.25, 0.3) is 11.0 Å². The fourth-order valence-corrected chi connectivity index (χ4v) is 3.08. The minimum atomic E-state index is -1.70. The van der Waals surface area contributed by atoms with Gasteiger partial charge in [-0.05, 0) is 15.9 Å². The van der Waals surface area contributed by atoms with Crippen LogP contribution in [0.4, 0.5) is 10.3 Å². The summed E-state index contributed by atoms with van der Waals surface area (Å²) in [4.78, 5) is 8.07. The summed E-state index contributed by atoms with van der Waals surface area (Å²) in [6.07, 6.45) is -3.71. The maximum Gasteiger partial charge on any atom is 0.228 e. The van der Waals surface area contributed by atoms with E-state index in [2.05, 4.69) is 25.9 Å². The van der Waals surface area contributed by atoms with Crippen molar-refractivity contribution >= 4 is 32.9 Å². The van der Waals surface area contributed by atoms with Crippen LogP contribution in [0.3, 0.4) is 0 Å². The summed E-state index contributed by atoms with van der Waals surface area (Å²) >= 11 is 3.35. The Labute approximate surface area is 132 Å². The molecule has 0 unspecified atom stereocenters. The molecule has 4 N–H and O–H groups in total. The number of alkyl halides is 1. The zero-order valence-electron chi connectivity index (χ0n) is 11.5. The van der Waals surface area contributed by atoms with E-state index in [1.807, 2.05) is 0 Å². The van der Waals surface area contributed by atoms with Gasteiger partial charge in [-0.3, -0.25) is 0 Å². The fraction of sp³-hybridized carbons (Fsp3) is 0.500. The average molecular weight is 377 g/mol. The number of aliphatic hydroxyl groups excluding tert-OH is 2. The molecule has 1 aliphatic heterocycles. The van der Waals surface area contributed by atoms with E-state index in [0.717, 1.165) is 0 Å². The van der Waals surface area contributed by atoms with Gasteiger partial charge in [0.15, 0.2) is 18.0 Å². The average Bonchev–Trinajstić information content (AvgIpc) is 2.97. The lowest BCUT2D eigenvalue weighted by molar-refractivity contribution is -0.0493. The highest BCUT2D eigenvalue weighted by Gasteiger charge is 2.45.